The molecule has 0 amide bonds. The highest BCUT2D eigenvalue weighted by atomic mass is 16.5. The Bertz CT molecular complexity index is 420. The minimum atomic E-state index is 0.767. The van der Waals surface area contributed by atoms with Crippen LogP contribution >= 0.6 is 0 Å². The number of ether oxygens (including phenoxy) is 1. The highest BCUT2D eigenvalue weighted by Crippen LogP contribution is 2.21. The third-order valence-corrected chi connectivity index (χ3v) is 2.12. The van der Waals surface area contributed by atoms with Gasteiger partial charge in [-0.05, 0) is 0 Å². The number of hydrogen-bond acceptors (Lipinski definition) is 2. The van der Waals surface area contributed by atoms with Crippen LogP contribution in [0.4, 0.5) is 0 Å². The summed E-state index contributed by atoms with van der Waals surface area (Å²) in [6.45, 7) is 0. The zero-order valence-electron chi connectivity index (χ0n) is 8.27. The van der Waals surface area contributed by atoms with E-state index in [1.165, 1.54) is 0 Å². The van der Waals surface area contributed by atoms with Gasteiger partial charge in [-0.1, -0.05) is 30.3 Å². The molecule has 14 heavy (non-hydrogen) atoms. The van der Waals surface area contributed by atoms with Crippen LogP contribution in [0.3, 0.4) is 0 Å². The number of nitrogens with zero attached hydrogens (tertiary/aromatic N) is 2. The molecule has 1 aromatic carbocycles. The van der Waals surface area contributed by atoms with Gasteiger partial charge in [-0.25, -0.2) is 4.68 Å². The number of hydrogen-bond donors (Lipinski definition) is 0. The second-order valence-corrected chi connectivity index (χ2v) is 3.06. The highest BCUT2D eigenvalue weighted by molar-refractivity contribution is 5.59. The molecule has 0 aliphatic carbocycles. The molecule has 2 rings (SSSR count). The first-order chi connectivity index (χ1) is 6.81. The maximum atomic E-state index is 5.15. The van der Waals surface area contributed by atoms with E-state index in [0.29, 0.717) is 0 Å². The largest absolute Gasteiger partial charge is 0.481 e. The first-order valence-electron chi connectivity index (χ1n) is 4.44. The molecule has 0 N–H and O–H groups in total. The lowest BCUT2D eigenvalue weighted by atomic mass is 10.2. The molecular formula is C11H12N2O. The van der Waals surface area contributed by atoms with Crippen molar-refractivity contribution in [3.8, 4) is 17.1 Å². The SMILES string of the molecule is COc1cc(-c2ccccc2)nn1C. The molecule has 0 atom stereocenters. The fourth-order valence-corrected chi connectivity index (χ4v) is 1.39. The predicted molar refractivity (Wildman–Crippen MR) is 55.2 cm³/mol. The van der Waals surface area contributed by atoms with Crippen molar-refractivity contribution in [2.45, 2.75) is 0 Å². The number of aromatic nitrogens is 2. The molecule has 0 fully saturated rings. The average Bonchev–Trinajstić information content (AvgIpc) is 2.61. The number of benzene rings is 1. The average molecular weight is 188 g/mol. The molecule has 0 spiro atoms. The van der Waals surface area contributed by atoms with E-state index >= 15 is 0 Å². The van der Waals surface area contributed by atoms with Gasteiger partial charge in [0, 0.05) is 18.7 Å². The molecule has 0 unspecified atom stereocenters. The lowest BCUT2D eigenvalue weighted by molar-refractivity contribution is 0.373. The van der Waals surface area contributed by atoms with Gasteiger partial charge in [0.25, 0.3) is 0 Å². The molecule has 0 aliphatic heterocycles. The first-order valence-corrected chi connectivity index (χ1v) is 4.44. The van der Waals surface area contributed by atoms with Crippen molar-refractivity contribution in [1.82, 2.24) is 9.78 Å². The molecule has 0 radical (unpaired) electrons. The van der Waals surface area contributed by atoms with Crippen molar-refractivity contribution in [2.75, 3.05) is 7.11 Å². The van der Waals surface area contributed by atoms with E-state index in [9.17, 15) is 0 Å². The molecular weight excluding hydrogens is 176 g/mol. The summed E-state index contributed by atoms with van der Waals surface area (Å²) in [6, 6.07) is 12.0. The Morgan fingerprint density at radius 2 is 1.93 bits per heavy atom. The summed E-state index contributed by atoms with van der Waals surface area (Å²) in [6.07, 6.45) is 0. The second-order valence-electron chi connectivity index (χ2n) is 3.06. The van der Waals surface area contributed by atoms with E-state index in [1.807, 2.05) is 43.4 Å². The number of aryl methyl sites for hydroxylation is 1. The van der Waals surface area contributed by atoms with E-state index in [1.54, 1.807) is 11.8 Å². The molecule has 0 saturated carbocycles. The second kappa shape index (κ2) is 3.54. The fraction of sp³-hybridized carbons (Fsp3) is 0.182. The van der Waals surface area contributed by atoms with Gasteiger partial charge >= 0.3 is 0 Å². The maximum Gasteiger partial charge on any atom is 0.211 e. The van der Waals surface area contributed by atoms with Crippen LogP contribution in [0.25, 0.3) is 11.3 Å². The quantitative estimate of drug-likeness (QED) is 0.721. The van der Waals surface area contributed by atoms with Crippen LogP contribution < -0.4 is 4.74 Å². The summed E-state index contributed by atoms with van der Waals surface area (Å²) < 4.78 is 6.87. The summed E-state index contributed by atoms with van der Waals surface area (Å²) >= 11 is 0. The van der Waals surface area contributed by atoms with Gasteiger partial charge in [0.1, 0.15) is 0 Å². The van der Waals surface area contributed by atoms with Crippen molar-refractivity contribution in [3.05, 3.63) is 36.4 Å². The van der Waals surface area contributed by atoms with Gasteiger partial charge in [0.2, 0.25) is 5.88 Å². The van der Waals surface area contributed by atoms with Gasteiger partial charge < -0.3 is 4.74 Å². The van der Waals surface area contributed by atoms with Crippen molar-refractivity contribution in [3.63, 3.8) is 0 Å². The molecule has 2 aromatic rings. The summed E-state index contributed by atoms with van der Waals surface area (Å²) in [5.41, 5.74) is 2.04. The monoisotopic (exact) mass is 188 g/mol. The van der Waals surface area contributed by atoms with Crippen LogP contribution in [0.5, 0.6) is 5.88 Å². The van der Waals surface area contributed by atoms with Crippen LogP contribution in [0.1, 0.15) is 0 Å². The molecule has 1 aromatic heterocycles. The van der Waals surface area contributed by atoms with Gasteiger partial charge in [-0.2, -0.15) is 5.10 Å². The third-order valence-electron chi connectivity index (χ3n) is 2.12. The Kier molecular flexibility index (Phi) is 2.23. The molecule has 0 bridgehead atoms. The van der Waals surface area contributed by atoms with Crippen molar-refractivity contribution < 1.29 is 4.74 Å². The number of rotatable bonds is 2. The zero-order valence-corrected chi connectivity index (χ0v) is 8.27. The first kappa shape index (κ1) is 8.81. The fourth-order valence-electron chi connectivity index (χ4n) is 1.39. The Balaban J connectivity index is 2.43. The van der Waals surface area contributed by atoms with E-state index in [4.69, 9.17) is 4.74 Å². The van der Waals surface area contributed by atoms with E-state index in [0.717, 1.165) is 17.1 Å². The maximum absolute atomic E-state index is 5.15. The topological polar surface area (TPSA) is 27.1 Å². The zero-order chi connectivity index (χ0) is 9.97. The van der Waals surface area contributed by atoms with Gasteiger partial charge in [-0.15, -0.1) is 0 Å². The predicted octanol–water partition coefficient (Wildman–Crippen LogP) is 2.10. The van der Waals surface area contributed by atoms with Gasteiger partial charge in [0.15, 0.2) is 0 Å². The third kappa shape index (κ3) is 1.48. The van der Waals surface area contributed by atoms with Crippen molar-refractivity contribution in [1.29, 1.82) is 0 Å². The summed E-state index contributed by atoms with van der Waals surface area (Å²) in [5.74, 6) is 0.767. The van der Waals surface area contributed by atoms with E-state index in [2.05, 4.69) is 5.10 Å². The minimum Gasteiger partial charge on any atom is -0.481 e. The van der Waals surface area contributed by atoms with Gasteiger partial charge in [0.05, 0.1) is 12.8 Å². The molecule has 0 aliphatic rings. The Morgan fingerprint density at radius 1 is 1.21 bits per heavy atom. The smallest absolute Gasteiger partial charge is 0.211 e. The Hall–Kier alpha value is -1.77. The lowest BCUT2D eigenvalue weighted by Gasteiger charge is -1.95. The Morgan fingerprint density at radius 3 is 2.50 bits per heavy atom. The standard InChI is InChI=1S/C11H12N2O/c1-13-11(14-2)8-10(12-13)9-6-4-3-5-7-9/h3-8H,1-2H3. The van der Waals surface area contributed by atoms with Crippen LogP contribution in [0.15, 0.2) is 36.4 Å². The summed E-state index contributed by atoms with van der Waals surface area (Å²) in [5, 5.41) is 4.34. The highest BCUT2D eigenvalue weighted by Gasteiger charge is 2.05. The summed E-state index contributed by atoms with van der Waals surface area (Å²) in [4.78, 5) is 0. The molecule has 72 valence electrons. The van der Waals surface area contributed by atoms with E-state index in [-0.39, 0.29) is 0 Å². The molecule has 1 heterocycles. The van der Waals surface area contributed by atoms with Crippen LogP contribution in [0.2, 0.25) is 0 Å². The molecule has 0 saturated heterocycles. The van der Waals surface area contributed by atoms with Crippen LogP contribution in [-0.4, -0.2) is 16.9 Å². The lowest BCUT2D eigenvalue weighted by Crippen LogP contribution is -1.94. The molecule has 3 nitrogen and oxygen atoms in total. The summed E-state index contributed by atoms with van der Waals surface area (Å²) in [7, 11) is 3.51. The minimum absolute atomic E-state index is 0.767. The van der Waals surface area contributed by atoms with Crippen molar-refractivity contribution in [2.24, 2.45) is 7.05 Å². The Labute approximate surface area is 82.9 Å². The normalized spacial score (nSPS) is 10.1. The van der Waals surface area contributed by atoms with Crippen LogP contribution in [-0.2, 0) is 7.05 Å². The number of methoxy groups -OCH3 is 1. The molecule has 3 heteroatoms. The van der Waals surface area contributed by atoms with Crippen molar-refractivity contribution >= 4 is 0 Å². The van der Waals surface area contributed by atoms with Gasteiger partial charge in [-0.3, -0.25) is 0 Å². The van der Waals surface area contributed by atoms with Crippen LogP contribution in [0, 0.1) is 0 Å². The van der Waals surface area contributed by atoms with E-state index < -0.39 is 0 Å².